The summed E-state index contributed by atoms with van der Waals surface area (Å²) in [7, 11) is 0. The van der Waals surface area contributed by atoms with E-state index < -0.39 is 0 Å². The predicted octanol–water partition coefficient (Wildman–Crippen LogP) is 5.40. The van der Waals surface area contributed by atoms with Crippen LogP contribution in [-0.4, -0.2) is 12.5 Å². The number of nitrogens with one attached hydrogen (secondary N) is 1. The van der Waals surface area contributed by atoms with Crippen molar-refractivity contribution in [2.75, 3.05) is 6.61 Å². The molecule has 2 aliphatic carbocycles. The average molecular weight is 373 g/mol. The average Bonchev–Trinajstić information content (AvgIpc) is 2.66. The van der Waals surface area contributed by atoms with E-state index in [4.69, 9.17) is 4.74 Å². The van der Waals surface area contributed by atoms with Crippen LogP contribution in [0.15, 0.2) is 37.4 Å². The maximum Gasteiger partial charge on any atom is 0.217 e. The van der Waals surface area contributed by atoms with Crippen LogP contribution < -0.4 is 5.32 Å². The van der Waals surface area contributed by atoms with E-state index in [2.05, 4.69) is 49.7 Å². The van der Waals surface area contributed by atoms with E-state index in [-0.39, 0.29) is 18.1 Å². The second-order valence-corrected chi connectivity index (χ2v) is 7.66. The predicted molar refractivity (Wildman–Crippen MR) is 115 cm³/mol. The molecule has 2 aromatic rings. The van der Waals surface area contributed by atoms with Gasteiger partial charge in [0.05, 0.1) is 12.1 Å². The van der Waals surface area contributed by atoms with Gasteiger partial charge in [-0.2, -0.15) is 0 Å². The Kier molecular flexibility index (Phi) is 4.94. The molecular weight excluding hydrogens is 346 g/mol. The van der Waals surface area contributed by atoms with Gasteiger partial charge in [-0.25, -0.2) is 0 Å². The smallest absolute Gasteiger partial charge is 0.217 e. The van der Waals surface area contributed by atoms with Gasteiger partial charge in [-0.05, 0) is 63.4 Å². The molecule has 2 aliphatic rings. The number of amides is 1. The molecule has 28 heavy (non-hydrogen) atoms. The van der Waals surface area contributed by atoms with Crippen LogP contribution in [0.2, 0.25) is 0 Å². The van der Waals surface area contributed by atoms with Crippen LogP contribution in [0.3, 0.4) is 0 Å². The number of carbonyl (C=O) groups excluding carboxylic acids is 1. The van der Waals surface area contributed by atoms with Crippen molar-refractivity contribution in [1.82, 2.24) is 5.32 Å². The molecule has 144 valence electrons. The van der Waals surface area contributed by atoms with Crippen molar-refractivity contribution in [3.63, 3.8) is 0 Å². The van der Waals surface area contributed by atoms with Gasteiger partial charge in [0, 0.05) is 20.0 Å². The van der Waals surface area contributed by atoms with E-state index in [1.54, 1.807) is 6.92 Å². The van der Waals surface area contributed by atoms with Crippen molar-refractivity contribution in [2.45, 2.75) is 45.3 Å². The van der Waals surface area contributed by atoms with E-state index >= 15 is 0 Å². The van der Waals surface area contributed by atoms with Crippen LogP contribution in [0.4, 0.5) is 0 Å². The first-order chi connectivity index (χ1) is 13.6. The van der Waals surface area contributed by atoms with Crippen LogP contribution in [0.1, 0.15) is 65.8 Å². The molecule has 0 aromatic heterocycles. The first-order valence-electron chi connectivity index (χ1n) is 10.0. The normalized spacial score (nSPS) is 18.9. The van der Waals surface area contributed by atoms with E-state index in [1.807, 2.05) is 12.2 Å². The zero-order valence-corrected chi connectivity index (χ0v) is 16.7. The van der Waals surface area contributed by atoms with Crippen LogP contribution in [0, 0.1) is 0 Å². The number of hydrogen-bond acceptors (Lipinski definition) is 2. The summed E-state index contributed by atoms with van der Waals surface area (Å²) < 4.78 is 6.00. The van der Waals surface area contributed by atoms with Gasteiger partial charge in [0.2, 0.25) is 5.91 Å². The molecule has 1 amide bonds. The monoisotopic (exact) mass is 373 g/mol. The molecule has 0 saturated heterocycles. The second kappa shape index (κ2) is 7.40. The van der Waals surface area contributed by atoms with Gasteiger partial charge in [-0.1, -0.05) is 50.4 Å². The second-order valence-electron chi connectivity index (χ2n) is 7.66. The topological polar surface area (TPSA) is 38.3 Å². The van der Waals surface area contributed by atoms with Crippen molar-refractivity contribution < 1.29 is 9.53 Å². The summed E-state index contributed by atoms with van der Waals surface area (Å²) in [4.78, 5) is 11.5. The number of rotatable bonds is 7. The highest BCUT2D eigenvalue weighted by Crippen LogP contribution is 2.47. The Bertz CT molecular complexity index is 973. The molecule has 0 aliphatic heterocycles. The van der Waals surface area contributed by atoms with E-state index in [0.717, 1.165) is 37.0 Å². The van der Waals surface area contributed by atoms with E-state index in [9.17, 15) is 4.79 Å². The van der Waals surface area contributed by atoms with Crippen LogP contribution in [0.5, 0.6) is 0 Å². The van der Waals surface area contributed by atoms with Crippen molar-refractivity contribution in [3.8, 4) is 11.1 Å². The summed E-state index contributed by atoms with van der Waals surface area (Å²) in [6.07, 6.45) is 6.88. The minimum absolute atomic E-state index is 0.0106. The van der Waals surface area contributed by atoms with Gasteiger partial charge in [0.1, 0.15) is 0 Å². The fraction of sp³-hybridized carbons (Fsp3) is 0.320. The van der Waals surface area contributed by atoms with Crippen molar-refractivity contribution >= 4 is 18.1 Å². The number of ether oxygens (including phenoxy) is 1. The Balaban J connectivity index is 1.80. The van der Waals surface area contributed by atoms with Crippen molar-refractivity contribution in [3.05, 3.63) is 70.8 Å². The Labute approximate surface area is 167 Å². The molecule has 3 heteroatoms. The third kappa shape index (κ3) is 3.00. The number of benzene rings is 2. The maximum atomic E-state index is 11.5. The Morgan fingerprint density at radius 3 is 2.64 bits per heavy atom. The molecule has 3 nitrogen and oxygen atoms in total. The summed E-state index contributed by atoms with van der Waals surface area (Å²) in [6, 6.07) is 8.87. The molecule has 0 radical (unpaired) electrons. The van der Waals surface area contributed by atoms with Gasteiger partial charge >= 0.3 is 0 Å². The lowest BCUT2D eigenvalue weighted by Gasteiger charge is -2.35. The van der Waals surface area contributed by atoms with Crippen molar-refractivity contribution in [1.29, 1.82) is 0 Å². The molecule has 1 N–H and O–H groups in total. The van der Waals surface area contributed by atoms with Gasteiger partial charge in [0.15, 0.2) is 0 Å². The first-order valence-corrected chi connectivity index (χ1v) is 10.0. The minimum Gasteiger partial charge on any atom is -0.373 e. The van der Waals surface area contributed by atoms with Gasteiger partial charge < -0.3 is 10.1 Å². The lowest BCUT2D eigenvalue weighted by molar-refractivity contribution is -0.119. The fourth-order valence-electron chi connectivity index (χ4n) is 4.40. The lowest BCUT2D eigenvalue weighted by atomic mass is 9.74. The SMILES string of the molecule is C=Cc1cc2c(cc1-c1c(C=C)ccc3c1CC3OCCC)C(NC(C)=O)C2. The molecule has 0 saturated carbocycles. The molecular formula is C25H27NO2. The summed E-state index contributed by atoms with van der Waals surface area (Å²) in [5, 5.41) is 3.05. The van der Waals surface area contributed by atoms with E-state index in [0.29, 0.717) is 0 Å². The zero-order chi connectivity index (χ0) is 19.8. The molecule has 2 atom stereocenters. The quantitative estimate of drug-likeness (QED) is 0.706. The highest BCUT2D eigenvalue weighted by Gasteiger charge is 2.33. The molecule has 4 rings (SSSR count). The molecule has 0 heterocycles. The Morgan fingerprint density at radius 2 is 1.96 bits per heavy atom. The minimum atomic E-state index is 0.0106. The fourth-order valence-corrected chi connectivity index (χ4v) is 4.40. The summed E-state index contributed by atoms with van der Waals surface area (Å²) in [6.45, 7) is 12.6. The summed E-state index contributed by atoms with van der Waals surface area (Å²) in [5.41, 5.74) is 9.79. The molecule has 2 unspecified atom stereocenters. The van der Waals surface area contributed by atoms with Crippen molar-refractivity contribution in [2.24, 2.45) is 0 Å². The first kappa shape index (κ1) is 18.7. The zero-order valence-electron chi connectivity index (χ0n) is 16.7. The Morgan fingerprint density at radius 1 is 1.18 bits per heavy atom. The van der Waals surface area contributed by atoms with Crippen LogP contribution >= 0.6 is 0 Å². The Hall–Kier alpha value is -2.65. The maximum absolute atomic E-state index is 11.5. The molecule has 2 aromatic carbocycles. The molecule has 0 spiro atoms. The summed E-state index contributed by atoms with van der Waals surface area (Å²) >= 11 is 0. The third-order valence-electron chi connectivity index (χ3n) is 5.84. The van der Waals surface area contributed by atoms with Gasteiger partial charge in [-0.15, -0.1) is 0 Å². The van der Waals surface area contributed by atoms with Crippen LogP contribution in [-0.2, 0) is 22.4 Å². The highest BCUT2D eigenvalue weighted by atomic mass is 16.5. The number of hydrogen-bond donors (Lipinski definition) is 1. The lowest BCUT2D eigenvalue weighted by Crippen LogP contribution is -2.34. The largest absolute Gasteiger partial charge is 0.373 e. The summed E-state index contributed by atoms with van der Waals surface area (Å²) in [5.74, 6) is 0.0106. The molecule has 0 fully saturated rings. The molecule has 0 bridgehead atoms. The van der Waals surface area contributed by atoms with Crippen LogP contribution in [0.25, 0.3) is 23.3 Å². The highest BCUT2D eigenvalue weighted by molar-refractivity contribution is 5.87. The van der Waals surface area contributed by atoms with E-state index in [1.165, 1.54) is 33.4 Å². The van der Waals surface area contributed by atoms with Gasteiger partial charge in [0.25, 0.3) is 0 Å². The standard InChI is InChI=1S/C25H27NO2/c1-5-10-28-24-14-22-19(24)9-8-16(6-2)25(22)21-13-20-18(11-17(21)7-3)12-23(20)26-15(4)27/h6-9,11,13,23-24H,2-3,5,10,12,14H2,1,4H3,(H,26,27). The van der Waals surface area contributed by atoms with Gasteiger partial charge in [-0.3, -0.25) is 4.79 Å². The number of carbonyl (C=O) groups is 1. The third-order valence-corrected chi connectivity index (χ3v) is 5.84. The number of fused-ring (bicyclic) bond motifs is 2.